The average Bonchev–Trinajstić information content (AvgIpc) is 3.40. The van der Waals surface area contributed by atoms with Crippen molar-refractivity contribution in [2.75, 3.05) is 5.32 Å². The van der Waals surface area contributed by atoms with Gasteiger partial charge < -0.3 is 10.4 Å². The van der Waals surface area contributed by atoms with Crippen LogP contribution in [0.15, 0.2) is 54.9 Å². The number of amides is 1. The van der Waals surface area contributed by atoms with E-state index < -0.39 is 11.4 Å². The zero-order valence-electron chi connectivity index (χ0n) is 16.8. The van der Waals surface area contributed by atoms with Gasteiger partial charge in [-0.2, -0.15) is 5.10 Å². The average molecular weight is 436 g/mol. The highest BCUT2D eigenvalue weighted by molar-refractivity contribution is 6.30. The van der Waals surface area contributed by atoms with Crippen molar-refractivity contribution >= 4 is 29.2 Å². The maximum absolute atomic E-state index is 13.0. The molecule has 0 saturated heterocycles. The minimum atomic E-state index is -1.04. The van der Waals surface area contributed by atoms with Crippen LogP contribution in [0, 0.1) is 0 Å². The van der Waals surface area contributed by atoms with Crippen molar-refractivity contribution in [3.8, 4) is 11.1 Å². The van der Waals surface area contributed by atoms with E-state index in [0.29, 0.717) is 22.3 Å². The van der Waals surface area contributed by atoms with E-state index in [1.54, 1.807) is 24.4 Å². The Morgan fingerprint density at radius 2 is 1.97 bits per heavy atom. The maximum Gasteiger partial charge on any atom is 0.336 e. The quantitative estimate of drug-likeness (QED) is 0.550. The lowest BCUT2D eigenvalue weighted by Crippen LogP contribution is -2.27. The van der Waals surface area contributed by atoms with Crippen LogP contribution in [0.3, 0.4) is 0 Å². The highest BCUT2D eigenvalue weighted by Crippen LogP contribution is 2.49. The van der Waals surface area contributed by atoms with Crippen LogP contribution in [0.5, 0.6) is 0 Å². The van der Waals surface area contributed by atoms with Gasteiger partial charge in [-0.15, -0.1) is 0 Å². The second-order valence-corrected chi connectivity index (χ2v) is 8.84. The number of anilines is 1. The SMILES string of the molecule is O=C(O)c1cc(NC(=O)C2(c3cccc(Cl)c3)CC2)ccc1-c1cnn(C2CCC2)c1. The number of aromatic nitrogens is 2. The topological polar surface area (TPSA) is 84.2 Å². The minimum Gasteiger partial charge on any atom is -0.478 e. The molecular formula is C24H22ClN3O3. The van der Waals surface area contributed by atoms with Crippen LogP contribution >= 0.6 is 11.6 Å². The Labute approximate surface area is 184 Å². The van der Waals surface area contributed by atoms with Crippen molar-refractivity contribution in [1.82, 2.24) is 9.78 Å². The molecule has 0 spiro atoms. The number of aromatic carboxylic acids is 1. The van der Waals surface area contributed by atoms with Crippen LogP contribution in [0.4, 0.5) is 5.69 Å². The van der Waals surface area contributed by atoms with Crippen molar-refractivity contribution in [3.63, 3.8) is 0 Å². The molecule has 3 aromatic rings. The number of carboxylic acids is 1. The van der Waals surface area contributed by atoms with Crippen molar-refractivity contribution in [1.29, 1.82) is 0 Å². The highest BCUT2D eigenvalue weighted by atomic mass is 35.5. The van der Waals surface area contributed by atoms with Gasteiger partial charge in [0.15, 0.2) is 0 Å². The first kappa shape index (κ1) is 19.8. The van der Waals surface area contributed by atoms with Crippen molar-refractivity contribution in [3.05, 3.63) is 71.0 Å². The second kappa shape index (κ2) is 7.54. The monoisotopic (exact) mass is 435 g/mol. The number of nitrogens with zero attached hydrogens (tertiary/aromatic N) is 2. The fourth-order valence-corrected chi connectivity index (χ4v) is 4.38. The molecule has 7 heteroatoms. The summed E-state index contributed by atoms with van der Waals surface area (Å²) in [5, 5.41) is 17.7. The maximum atomic E-state index is 13.0. The number of benzene rings is 2. The summed E-state index contributed by atoms with van der Waals surface area (Å²) in [7, 11) is 0. The Bertz CT molecular complexity index is 1180. The molecule has 0 radical (unpaired) electrons. The Morgan fingerprint density at radius 1 is 1.16 bits per heavy atom. The van der Waals surface area contributed by atoms with Crippen LogP contribution in [0.1, 0.15) is 54.1 Å². The third-order valence-corrected chi connectivity index (χ3v) is 6.67. The van der Waals surface area contributed by atoms with Crippen LogP contribution in [0.2, 0.25) is 5.02 Å². The van der Waals surface area contributed by atoms with Gasteiger partial charge in [-0.05, 0) is 67.5 Å². The number of halogens is 1. The molecule has 0 aliphatic heterocycles. The zero-order chi connectivity index (χ0) is 21.6. The lowest BCUT2D eigenvalue weighted by molar-refractivity contribution is -0.118. The number of carboxylic acid groups (broad SMARTS) is 1. The van der Waals surface area contributed by atoms with Gasteiger partial charge in [0, 0.05) is 22.5 Å². The van der Waals surface area contributed by atoms with E-state index in [1.165, 1.54) is 12.5 Å². The van der Waals surface area contributed by atoms with Crippen LogP contribution < -0.4 is 5.32 Å². The van der Waals surface area contributed by atoms with E-state index >= 15 is 0 Å². The van der Waals surface area contributed by atoms with Crippen molar-refractivity contribution in [2.24, 2.45) is 0 Å². The summed E-state index contributed by atoms with van der Waals surface area (Å²) in [6.07, 6.45) is 8.50. The van der Waals surface area contributed by atoms with Gasteiger partial charge in [0.25, 0.3) is 0 Å². The Morgan fingerprint density at radius 3 is 2.61 bits per heavy atom. The Hall–Kier alpha value is -3.12. The minimum absolute atomic E-state index is 0.138. The van der Waals surface area contributed by atoms with Gasteiger partial charge in [0.1, 0.15) is 0 Å². The lowest BCUT2D eigenvalue weighted by atomic mass is 9.93. The first-order chi connectivity index (χ1) is 15.0. The molecular weight excluding hydrogens is 414 g/mol. The zero-order valence-corrected chi connectivity index (χ0v) is 17.6. The second-order valence-electron chi connectivity index (χ2n) is 8.41. The third-order valence-electron chi connectivity index (χ3n) is 6.43. The summed E-state index contributed by atoms with van der Waals surface area (Å²) in [6.45, 7) is 0. The van der Waals surface area contributed by atoms with Crippen molar-refractivity contribution in [2.45, 2.75) is 43.6 Å². The van der Waals surface area contributed by atoms with E-state index in [1.807, 2.05) is 29.1 Å². The van der Waals surface area contributed by atoms with Crippen LogP contribution in [0.25, 0.3) is 11.1 Å². The molecule has 0 bridgehead atoms. The van der Waals surface area contributed by atoms with E-state index in [0.717, 1.165) is 36.8 Å². The summed E-state index contributed by atoms with van der Waals surface area (Å²) >= 11 is 6.11. The molecule has 0 unspecified atom stereocenters. The molecule has 1 amide bonds. The first-order valence-electron chi connectivity index (χ1n) is 10.5. The molecule has 1 heterocycles. The fraction of sp³-hybridized carbons (Fsp3) is 0.292. The largest absolute Gasteiger partial charge is 0.478 e. The normalized spacial score (nSPS) is 17.1. The molecule has 5 rings (SSSR count). The summed E-state index contributed by atoms with van der Waals surface area (Å²) in [6, 6.07) is 12.8. The van der Waals surface area contributed by atoms with E-state index in [4.69, 9.17) is 11.6 Å². The molecule has 2 saturated carbocycles. The summed E-state index contributed by atoms with van der Waals surface area (Å²) in [5.74, 6) is -1.19. The molecule has 6 nitrogen and oxygen atoms in total. The fourth-order valence-electron chi connectivity index (χ4n) is 4.19. The van der Waals surface area contributed by atoms with E-state index in [-0.39, 0.29) is 11.5 Å². The molecule has 0 atom stereocenters. The number of carbonyl (C=O) groups excluding carboxylic acids is 1. The molecule has 2 aliphatic carbocycles. The van der Waals surface area contributed by atoms with Gasteiger partial charge in [-0.3, -0.25) is 9.48 Å². The van der Waals surface area contributed by atoms with Crippen LogP contribution in [-0.4, -0.2) is 26.8 Å². The molecule has 158 valence electrons. The molecule has 31 heavy (non-hydrogen) atoms. The van der Waals surface area contributed by atoms with Gasteiger partial charge in [0.2, 0.25) is 5.91 Å². The smallest absolute Gasteiger partial charge is 0.336 e. The Balaban J connectivity index is 1.40. The first-order valence-corrected chi connectivity index (χ1v) is 10.8. The molecule has 2 N–H and O–H groups in total. The van der Waals surface area contributed by atoms with Gasteiger partial charge in [-0.25, -0.2) is 4.79 Å². The number of carbonyl (C=O) groups is 2. The van der Waals surface area contributed by atoms with E-state index in [2.05, 4.69) is 10.4 Å². The standard InChI is InChI=1S/C24H22ClN3O3/c25-17-4-1-3-16(11-17)24(9-10-24)23(31)27-18-7-8-20(21(12-18)22(29)30)15-13-26-28(14-15)19-5-2-6-19/h1,3-4,7-8,11-14,19H,2,5-6,9-10H2,(H,27,31)(H,29,30). The number of hydrogen-bond acceptors (Lipinski definition) is 3. The Kier molecular flexibility index (Phi) is 4.82. The van der Waals surface area contributed by atoms with Gasteiger partial charge in [0.05, 0.1) is 23.2 Å². The highest BCUT2D eigenvalue weighted by Gasteiger charge is 2.51. The predicted molar refractivity (Wildman–Crippen MR) is 119 cm³/mol. The molecule has 2 fully saturated rings. The summed E-state index contributed by atoms with van der Waals surface area (Å²) in [5.41, 5.74) is 2.24. The lowest BCUT2D eigenvalue weighted by Gasteiger charge is -2.25. The summed E-state index contributed by atoms with van der Waals surface area (Å²) in [4.78, 5) is 25.0. The number of nitrogens with one attached hydrogen (secondary N) is 1. The third kappa shape index (κ3) is 3.61. The molecule has 1 aromatic heterocycles. The molecule has 2 aliphatic rings. The summed E-state index contributed by atoms with van der Waals surface area (Å²) < 4.78 is 1.92. The van der Waals surface area contributed by atoms with Gasteiger partial charge in [-0.1, -0.05) is 29.8 Å². The molecule has 2 aromatic carbocycles. The number of hydrogen-bond donors (Lipinski definition) is 2. The number of rotatable bonds is 6. The van der Waals surface area contributed by atoms with Gasteiger partial charge >= 0.3 is 5.97 Å². The van der Waals surface area contributed by atoms with Crippen molar-refractivity contribution < 1.29 is 14.7 Å². The van der Waals surface area contributed by atoms with Crippen LogP contribution in [-0.2, 0) is 10.2 Å². The van der Waals surface area contributed by atoms with E-state index in [9.17, 15) is 14.7 Å². The predicted octanol–water partition coefficient (Wildman–Crippen LogP) is 5.30.